The zero-order chi connectivity index (χ0) is 19.9. The number of nitrogens with one attached hydrogen (secondary N) is 1. The molecule has 0 saturated carbocycles. The monoisotopic (exact) mass is 393 g/mol. The van der Waals surface area contributed by atoms with Gasteiger partial charge in [-0.25, -0.2) is 0 Å². The Hall–Kier alpha value is -3.31. The van der Waals surface area contributed by atoms with Crippen LogP contribution in [0.4, 0.5) is 11.4 Å². The zero-order valence-corrected chi connectivity index (χ0v) is 15.9. The summed E-state index contributed by atoms with van der Waals surface area (Å²) in [7, 11) is 0. The third-order valence-electron chi connectivity index (χ3n) is 4.16. The highest BCUT2D eigenvalue weighted by molar-refractivity contribution is 6.41. The summed E-state index contributed by atoms with van der Waals surface area (Å²) in [5.74, 6) is -1.39. The van der Waals surface area contributed by atoms with Crippen LogP contribution in [0.2, 0.25) is 5.02 Å². The van der Waals surface area contributed by atoms with Crippen molar-refractivity contribution < 1.29 is 9.59 Å². The van der Waals surface area contributed by atoms with E-state index in [9.17, 15) is 9.59 Å². The molecule has 3 N–H and O–H groups in total. The van der Waals surface area contributed by atoms with Crippen molar-refractivity contribution in [1.82, 2.24) is 4.90 Å². The van der Waals surface area contributed by atoms with Crippen LogP contribution in [-0.4, -0.2) is 16.7 Å². The molecule has 142 valence electrons. The van der Waals surface area contributed by atoms with E-state index in [0.29, 0.717) is 24.5 Å². The van der Waals surface area contributed by atoms with E-state index in [1.165, 1.54) is 11.0 Å². The normalized spacial score (nSPS) is 10.3. The summed E-state index contributed by atoms with van der Waals surface area (Å²) < 4.78 is 0. The Bertz CT molecular complexity index is 921. The predicted molar refractivity (Wildman–Crippen MR) is 112 cm³/mol. The number of amides is 2. The molecule has 0 saturated heterocycles. The van der Waals surface area contributed by atoms with Crippen molar-refractivity contribution in [1.29, 1.82) is 0 Å². The minimum atomic E-state index is -0.751. The van der Waals surface area contributed by atoms with E-state index >= 15 is 0 Å². The van der Waals surface area contributed by atoms with E-state index in [-0.39, 0.29) is 5.02 Å². The Balaban J connectivity index is 1.79. The number of anilines is 2. The molecular formula is C22H20ClN3O2. The van der Waals surface area contributed by atoms with Crippen LogP contribution in [-0.2, 0) is 22.7 Å². The lowest BCUT2D eigenvalue weighted by Gasteiger charge is -2.22. The van der Waals surface area contributed by atoms with E-state index in [2.05, 4.69) is 5.32 Å². The van der Waals surface area contributed by atoms with Crippen molar-refractivity contribution >= 4 is 34.8 Å². The number of rotatable bonds is 5. The molecule has 0 aliphatic heterocycles. The van der Waals surface area contributed by atoms with Gasteiger partial charge in [-0.05, 0) is 29.3 Å². The van der Waals surface area contributed by atoms with Gasteiger partial charge in [-0.15, -0.1) is 0 Å². The molecule has 3 aromatic carbocycles. The summed E-state index contributed by atoms with van der Waals surface area (Å²) in [5.41, 5.74) is 8.35. The molecule has 0 aliphatic carbocycles. The first-order chi connectivity index (χ1) is 13.5. The molecule has 3 aromatic rings. The van der Waals surface area contributed by atoms with Crippen LogP contribution < -0.4 is 11.1 Å². The van der Waals surface area contributed by atoms with Gasteiger partial charge in [0.15, 0.2) is 0 Å². The summed E-state index contributed by atoms with van der Waals surface area (Å²) in [5, 5.41) is 2.85. The third-order valence-corrected chi connectivity index (χ3v) is 4.47. The Kier molecular flexibility index (Phi) is 6.29. The summed E-state index contributed by atoms with van der Waals surface area (Å²) in [6, 6.07) is 23.8. The molecule has 6 heteroatoms. The summed E-state index contributed by atoms with van der Waals surface area (Å²) in [4.78, 5) is 27.0. The second-order valence-corrected chi connectivity index (χ2v) is 6.73. The van der Waals surface area contributed by atoms with Crippen LogP contribution >= 0.6 is 11.6 Å². The average Bonchev–Trinajstić information content (AvgIpc) is 2.70. The number of carbonyl (C=O) groups is 2. The summed E-state index contributed by atoms with van der Waals surface area (Å²) >= 11 is 6.10. The molecule has 0 radical (unpaired) electrons. The molecule has 0 heterocycles. The highest BCUT2D eigenvalue weighted by Crippen LogP contribution is 2.24. The fraction of sp³-hybridized carbons (Fsp3) is 0.0909. The lowest BCUT2D eigenvalue weighted by Crippen LogP contribution is -2.39. The van der Waals surface area contributed by atoms with Gasteiger partial charge in [0.1, 0.15) is 0 Å². The molecule has 0 aromatic heterocycles. The average molecular weight is 394 g/mol. The highest BCUT2D eigenvalue weighted by Gasteiger charge is 2.23. The van der Waals surface area contributed by atoms with Crippen LogP contribution in [0.5, 0.6) is 0 Å². The first-order valence-electron chi connectivity index (χ1n) is 8.76. The van der Waals surface area contributed by atoms with Gasteiger partial charge in [0.2, 0.25) is 0 Å². The number of hydrogen-bond donors (Lipinski definition) is 2. The first-order valence-corrected chi connectivity index (χ1v) is 9.14. The molecule has 0 bridgehead atoms. The molecule has 0 fully saturated rings. The van der Waals surface area contributed by atoms with Gasteiger partial charge in [0.25, 0.3) is 0 Å². The van der Waals surface area contributed by atoms with E-state index in [1.807, 2.05) is 60.7 Å². The smallest absolute Gasteiger partial charge is 0.313 e. The van der Waals surface area contributed by atoms with Crippen molar-refractivity contribution in [2.24, 2.45) is 0 Å². The number of nitrogens with two attached hydrogens (primary N) is 1. The van der Waals surface area contributed by atoms with Gasteiger partial charge in [-0.2, -0.15) is 0 Å². The Morgan fingerprint density at radius 1 is 0.857 bits per heavy atom. The Labute approximate surface area is 168 Å². The lowest BCUT2D eigenvalue weighted by molar-refractivity contribution is -0.144. The maximum absolute atomic E-state index is 12.9. The molecule has 0 spiro atoms. The molecule has 3 rings (SSSR count). The number of carbonyl (C=O) groups excluding carboxylic acids is 2. The minimum Gasteiger partial charge on any atom is -0.399 e. The molecule has 2 amide bonds. The number of nitrogen functional groups attached to an aromatic ring is 1. The summed E-state index contributed by atoms with van der Waals surface area (Å²) in [6.07, 6.45) is 0. The first kappa shape index (κ1) is 19.5. The van der Waals surface area contributed by atoms with Crippen molar-refractivity contribution in [3.05, 3.63) is 95.0 Å². The maximum Gasteiger partial charge on any atom is 0.313 e. The highest BCUT2D eigenvalue weighted by atomic mass is 35.5. The van der Waals surface area contributed by atoms with Gasteiger partial charge < -0.3 is 16.0 Å². The maximum atomic E-state index is 12.9. The van der Waals surface area contributed by atoms with Crippen molar-refractivity contribution in [3.8, 4) is 0 Å². The van der Waals surface area contributed by atoms with Crippen LogP contribution in [0.1, 0.15) is 11.1 Å². The number of halogens is 1. The molecule has 0 unspecified atom stereocenters. The molecule has 0 atom stereocenters. The quantitative estimate of drug-likeness (QED) is 0.506. The Morgan fingerprint density at radius 2 is 1.39 bits per heavy atom. The molecule has 28 heavy (non-hydrogen) atoms. The van der Waals surface area contributed by atoms with E-state index < -0.39 is 11.8 Å². The predicted octanol–water partition coefficient (Wildman–Crippen LogP) is 4.09. The van der Waals surface area contributed by atoms with Crippen molar-refractivity contribution in [2.45, 2.75) is 13.1 Å². The largest absolute Gasteiger partial charge is 0.399 e. The van der Waals surface area contributed by atoms with Crippen molar-refractivity contribution in [2.75, 3.05) is 11.1 Å². The summed E-state index contributed by atoms with van der Waals surface area (Å²) in [6.45, 7) is 0.634. The van der Waals surface area contributed by atoms with Gasteiger partial charge in [0, 0.05) is 18.8 Å². The van der Waals surface area contributed by atoms with Crippen LogP contribution in [0.3, 0.4) is 0 Å². The number of benzene rings is 3. The standard InChI is InChI=1S/C22H20ClN3O2/c23-19-13-18(24)11-12-20(19)25-21(27)22(28)26(14-16-7-3-1-4-8-16)15-17-9-5-2-6-10-17/h1-13H,14-15,24H2,(H,25,27). The Morgan fingerprint density at radius 3 is 1.89 bits per heavy atom. The molecule has 0 aliphatic rings. The van der Waals surface area contributed by atoms with Gasteiger partial charge >= 0.3 is 11.8 Å². The number of hydrogen-bond acceptors (Lipinski definition) is 3. The van der Waals surface area contributed by atoms with Crippen molar-refractivity contribution in [3.63, 3.8) is 0 Å². The lowest BCUT2D eigenvalue weighted by atomic mass is 10.1. The number of nitrogens with zero attached hydrogens (tertiary/aromatic N) is 1. The van der Waals surface area contributed by atoms with E-state index in [0.717, 1.165) is 11.1 Å². The molecular weight excluding hydrogens is 374 g/mol. The van der Waals surface area contributed by atoms with Crippen LogP contribution in [0, 0.1) is 0 Å². The second-order valence-electron chi connectivity index (χ2n) is 6.33. The minimum absolute atomic E-state index is 0.277. The topological polar surface area (TPSA) is 75.4 Å². The van der Waals surface area contributed by atoms with E-state index in [4.69, 9.17) is 17.3 Å². The SMILES string of the molecule is Nc1ccc(NC(=O)C(=O)N(Cc2ccccc2)Cc2ccccc2)c(Cl)c1. The molecule has 5 nitrogen and oxygen atoms in total. The third kappa shape index (κ3) is 5.11. The van der Waals surface area contributed by atoms with Gasteiger partial charge in [-0.1, -0.05) is 72.3 Å². The zero-order valence-electron chi connectivity index (χ0n) is 15.1. The van der Waals surface area contributed by atoms with E-state index in [1.54, 1.807) is 12.1 Å². The van der Waals surface area contributed by atoms with Crippen LogP contribution in [0.15, 0.2) is 78.9 Å². The second kappa shape index (κ2) is 9.06. The fourth-order valence-corrected chi connectivity index (χ4v) is 3.00. The van der Waals surface area contributed by atoms with Gasteiger partial charge in [0.05, 0.1) is 10.7 Å². The van der Waals surface area contributed by atoms with Gasteiger partial charge in [-0.3, -0.25) is 9.59 Å². The van der Waals surface area contributed by atoms with Crippen LogP contribution in [0.25, 0.3) is 0 Å². The fourth-order valence-electron chi connectivity index (χ4n) is 2.76.